The first-order valence-corrected chi connectivity index (χ1v) is 8.24. The van der Waals surface area contributed by atoms with E-state index in [9.17, 15) is 9.18 Å². The van der Waals surface area contributed by atoms with Gasteiger partial charge in [-0.3, -0.25) is 4.79 Å². The number of nitrogens with zero attached hydrogens (tertiary/aromatic N) is 2. The number of carbonyl (C=O) groups is 1. The summed E-state index contributed by atoms with van der Waals surface area (Å²) >= 11 is 0. The largest absolute Gasteiger partial charge is 0.489 e. The standard InChI is InChI=1S/C17H22FN5O2/c1-11(10-25-15-5-3-2-4-14(15)18)20-6-12-7-21-17-13(16(19)24)8-22-23(17)9-12/h2-5,8,11-12,20-21H,6-7,9-10H2,1H3,(H2,19,24)/t11-,12+/m0/s1. The van der Waals surface area contributed by atoms with Gasteiger partial charge in [-0.05, 0) is 19.1 Å². The van der Waals surface area contributed by atoms with Crippen molar-refractivity contribution in [3.8, 4) is 5.75 Å². The molecule has 8 heteroatoms. The summed E-state index contributed by atoms with van der Waals surface area (Å²) in [5.74, 6) is 0.409. The first-order chi connectivity index (χ1) is 12.0. The second-order valence-electron chi connectivity index (χ2n) is 6.25. The van der Waals surface area contributed by atoms with Gasteiger partial charge in [-0.1, -0.05) is 12.1 Å². The zero-order chi connectivity index (χ0) is 17.8. The normalized spacial score (nSPS) is 17.4. The van der Waals surface area contributed by atoms with Gasteiger partial charge in [0, 0.05) is 31.6 Å². The Morgan fingerprint density at radius 3 is 3.12 bits per heavy atom. The number of hydrogen-bond donors (Lipinski definition) is 3. The highest BCUT2D eigenvalue weighted by Crippen LogP contribution is 2.21. The predicted octanol–water partition coefficient (Wildman–Crippen LogP) is 1.22. The molecule has 0 saturated heterocycles. The average molecular weight is 347 g/mol. The number of nitrogens with two attached hydrogens (primary N) is 1. The van der Waals surface area contributed by atoms with Crippen LogP contribution in [0.1, 0.15) is 17.3 Å². The molecule has 7 nitrogen and oxygen atoms in total. The van der Waals surface area contributed by atoms with Crippen molar-refractivity contribution in [2.24, 2.45) is 11.7 Å². The molecule has 1 aliphatic heterocycles. The predicted molar refractivity (Wildman–Crippen MR) is 92.1 cm³/mol. The van der Waals surface area contributed by atoms with Crippen molar-refractivity contribution in [3.63, 3.8) is 0 Å². The summed E-state index contributed by atoms with van der Waals surface area (Å²) in [6.07, 6.45) is 1.49. The fourth-order valence-electron chi connectivity index (χ4n) is 2.78. The van der Waals surface area contributed by atoms with Crippen LogP contribution < -0.4 is 21.1 Å². The van der Waals surface area contributed by atoms with Crippen LogP contribution in [0.15, 0.2) is 30.5 Å². The van der Waals surface area contributed by atoms with Crippen LogP contribution in [0.4, 0.5) is 10.2 Å². The molecule has 0 saturated carbocycles. The third kappa shape index (κ3) is 4.08. The van der Waals surface area contributed by atoms with Gasteiger partial charge in [-0.25, -0.2) is 9.07 Å². The monoisotopic (exact) mass is 347 g/mol. The zero-order valence-electron chi connectivity index (χ0n) is 14.0. The lowest BCUT2D eigenvalue weighted by Crippen LogP contribution is -2.40. The molecular formula is C17H22FN5O2. The highest BCUT2D eigenvalue weighted by molar-refractivity contribution is 5.97. The fraction of sp³-hybridized carbons (Fsp3) is 0.412. The number of carbonyl (C=O) groups excluding carboxylic acids is 1. The summed E-state index contributed by atoms with van der Waals surface area (Å²) < 4.78 is 20.8. The highest BCUT2D eigenvalue weighted by Gasteiger charge is 2.23. The van der Waals surface area contributed by atoms with Gasteiger partial charge < -0.3 is 21.1 Å². The van der Waals surface area contributed by atoms with Gasteiger partial charge in [-0.2, -0.15) is 5.10 Å². The number of fused-ring (bicyclic) bond motifs is 1. The Kier molecular flexibility index (Phi) is 5.18. The number of amides is 1. The quantitative estimate of drug-likeness (QED) is 0.700. The van der Waals surface area contributed by atoms with E-state index in [4.69, 9.17) is 10.5 Å². The van der Waals surface area contributed by atoms with Gasteiger partial charge in [-0.15, -0.1) is 0 Å². The number of rotatable bonds is 7. The topological polar surface area (TPSA) is 94.2 Å². The Labute approximate surface area is 145 Å². The van der Waals surface area contributed by atoms with Crippen LogP contribution in [0.25, 0.3) is 0 Å². The van der Waals surface area contributed by atoms with E-state index in [1.54, 1.807) is 22.9 Å². The van der Waals surface area contributed by atoms with Crippen molar-refractivity contribution in [2.75, 3.05) is 25.0 Å². The van der Waals surface area contributed by atoms with Crippen LogP contribution in [0.5, 0.6) is 5.75 Å². The third-order valence-electron chi connectivity index (χ3n) is 4.17. The van der Waals surface area contributed by atoms with Crippen molar-refractivity contribution in [3.05, 3.63) is 41.8 Å². The van der Waals surface area contributed by atoms with Gasteiger partial charge in [0.05, 0.1) is 6.20 Å². The maximum atomic E-state index is 13.5. The van der Waals surface area contributed by atoms with Crippen LogP contribution in [-0.2, 0) is 6.54 Å². The number of anilines is 1. The van der Waals surface area contributed by atoms with Gasteiger partial charge in [0.1, 0.15) is 18.0 Å². The minimum Gasteiger partial charge on any atom is -0.489 e. The van der Waals surface area contributed by atoms with Gasteiger partial charge >= 0.3 is 0 Å². The van der Waals surface area contributed by atoms with Crippen LogP contribution >= 0.6 is 0 Å². The summed E-state index contributed by atoms with van der Waals surface area (Å²) in [6, 6.07) is 6.44. The van der Waals surface area contributed by atoms with E-state index in [1.165, 1.54) is 12.3 Å². The second kappa shape index (κ2) is 7.52. The number of hydrogen-bond acceptors (Lipinski definition) is 5. The molecular weight excluding hydrogens is 325 g/mol. The van der Waals surface area contributed by atoms with Crippen molar-refractivity contribution in [1.82, 2.24) is 15.1 Å². The van der Waals surface area contributed by atoms with Crippen molar-refractivity contribution in [2.45, 2.75) is 19.5 Å². The number of primary amides is 1. The molecule has 1 aromatic carbocycles. The SMILES string of the molecule is C[C@@H](COc1ccccc1F)NC[C@@H]1CNc2c(C(N)=O)cnn2C1. The molecule has 0 fully saturated rings. The maximum absolute atomic E-state index is 13.5. The first-order valence-electron chi connectivity index (χ1n) is 8.24. The van der Waals surface area contributed by atoms with E-state index in [1.807, 2.05) is 6.92 Å². The van der Waals surface area contributed by atoms with E-state index in [-0.39, 0.29) is 17.6 Å². The maximum Gasteiger partial charge on any atom is 0.254 e. The first kappa shape index (κ1) is 17.2. The smallest absolute Gasteiger partial charge is 0.254 e. The van der Waals surface area contributed by atoms with Crippen molar-refractivity contribution >= 4 is 11.7 Å². The van der Waals surface area contributed by atoms with Gasteiger partial charge in [0.2, 0.25) is 0 Å². The molecule has 1 aromatic heterocycles. The third-order valence-corrected chi connectivity index (χ3v) is 4.17. The average Bonchev–Trinajstić information content (AvgIpc) is 3.02. The molecule has 0 unspecified atom stereocenters. The van der Waals surface area contributed by atoms with E-state index in [0.717, 1.165) is 13.1 Å². The molecule has 1 amide bonds. The lowest BCUT2D eigenvalue weighted by atomic mass is 10.1. The van der Waals surface area contributed by atoms with Crippen molar-refractivity contribution < 1.29 is 13.9 Å². The Morgan fingerprint density at radius 2 is 2.36 bits per heavy atom. The Hall–Kier alpha value is -2.61. The minimum absolute atomic E-state index is 0.0693. The number of halogens is 1. The van der Waals surface area contributed by atoms with Gasteiger partial charge in [0.15, 0.2) is 11.6 Å². The summed E-state index contributed by atoms with van der Waals surface area (Å²) in [5.41, 5.74) is 5.74. The minimum atomic E-state index is -0.482. The number of ether oxygens (including phenoxy) is 1. The summed E-state index contributed by atoms with van der Waals surface area (Å²) in [4.78, 5) is 11.3. The zero-order valence-corrected chi connectivity index (χ0v) is 14.0. The molecule has 0 radical (unpaired) electrons. The van der Waals surface area contributed by atoms with Gasteiger partial charge in [0.25, 0.3) is 5.91 Å². The Morgan fingerprint density at radius 1 is 1.56 bits per heavy atom. The lowest BCUT2D eigenvalue weighted by molar-refractivity contribution is 0.100. The molecule has 1 aliphatic rings. The Bertz CT molecular complexity index is 748. The number of aromatic nitrogens is 2. The molecule has 0 spiro atoms. The highest BCUT2D eigenvalue weighted by atomic mass is 19.1. The molecule has 2 aromatic rings. The van der Waals surface area contributed by atoms with Crippen LogP contribution in [0.2, 0.25) is 0 Å². The second-order valence-corrected chi connectivity index (χ2v) is 6.25. The molecule has 0 bridgehead atoms. The van der Waals surface area contributed by atoms with Crippen LogP contribution in [0.3, 0.4) is 0 Å². The molecule has 2 heterocycles. The van der Waals surface area contributed by atoms with Crippen LogP contribution in [-0.4, -0.2) is 41.4 Å². The summed E-state index contributed by atoms with van der Waals surface area (Å²) in [7, 11) is 0. The van der Waals surface area contributed by atoms with E-state index >= 15 is 0 Å². The fourth-order valence-corrected chi connectivity index (χ4v) is 2.78. The van der Waals surface area contributed by atoms with Crippen molar-refractivity contribution in [1.29, 1.82) is 0 Å². The summed E-state index contributed by atoms with van der Waals surface area (Å²) in [5, 5.41) is 10.8. The summed E-state index contributed by atoms with van der Waals surface area (Å²) in [6.45, 7) is 4.53. The van der Waals surface area contributed by atoms with E-state index < -0.39 is 5.91 Å². The van der Waals surface area contributed by atoms with E-state index in [2.05, 4.69) is 15.7 Å². The number of benzene rings is 1. The molecule has 0 aliphatic carbocycles. The lowest BCUT2D eigenvalue weighted by Gasteiger charge is -2.27. The van der Waals surface area contributed by atoms with Crippen LogP contribution in [0, 0.1) is 11.7 Å². The van der Waals surface area contributed by atoms with E-state index in [0.29, 0.717) is 30.5 Å². The molecule has 3 rings (SSSR count). The molecule has 4 N–H and O–H groups in total. The number of para-hydroxylation sites is 1. The molecule has 2 atom stereocenters. The molecule has 134 valence electrons. The number of nitrogens with one attached hydrogen (secondary N) is 2. The molecule has 25 heavy (non-hydrogen) atoms. The Balaban J connectivity index is 1.46.